The van der Waals surface area contributed by atoms with Gasteiger partial charge in [0, 0.05) is 24.8 Å². The van der Waals surface area contributed by atoms with E-state index in [0.717, 1.165) is 5.56 Å². The lowest BCUT2D eigenvalue weighted by Gasteiger charge is -2.15. The van der Waals surface area contributed by atoms with Crippen LogP contribution >= 0.6 is 11.6 Å². The molecule has 1 N–H and O–H groups in total. The highest BCUT2D eigenvalue weighted by molar-refractivity contribution is 6.30. The first kappa shape index (κ1) is 13.1. The van der Waals surface area contributed by atoms with Crippen molar-refractivity contribution in [2.45, 2.75) is 12.5 Å². The number of halogens is 2. The Balaban J connectivity index is 2.23. The maximum Gasteiger partial charge on any atom is 0.145 e. The molecule has 0 bridgehead atoms. The number of nitrogens with one attached hydrogen (secondary N) is 1. The summed E-state index contributed by atoms with van der Waals surface area (Å²) < 4.78 is 15.6. The molecule has 1 aromatic heterocycles. The lowest BCUT2D eigenvalue weighted by Crippen LogP contribution is -2.19. The van der Waals surface area contributed by atoms with Crippen LogP contribution in [0.4, 0.5) is 4.39 Å². The number of rotatable bonds is 4. The van der Waals surface area contributed by atoms with E-state index in [1.54, 1.807) is 29.1 Å². The standard InChI is InChI=1S/C13H15ClFN3/c1-16-12(10-7-17-18(2)8-10)6-9-4-3-5-11(14)13(9)15/h3-5,7-8,12,16H,6H2,1-2H3. The largest absolute Gasteiger partial charge is 0.313 e. The van der Waals surface area contributed by atoms with Crippen molar-refractivity contribution < 1.29 is 4.39 Å². The van der Waals surface area contributed by atoms with Gasteiger partial charge in [-0.25, -0.2) is 4.39 Å². The summed E-state index contributed by atoms with van der Waals surface area (Å²) in [7, 11) is 3.70. The van der Waals surface area contributed by atoms with Crippen LogP contribution in [-0.2, 0) is 13.5 Å². The smallest absolute Gasteiger partial charge is 0.145 e. The van der Waals surface area contributed by atoms with Gasteiger partial charge in [0.1, 0.15) is 5.82 Å². The van der Waals surface area contributed by atoms with E-state index >= 15 is 0 Å². The Morgan fingerprint density at radius 2 is 2.28 bits per heavy atom. The lowest BCUT2D eigenvalue weighted by atomic mass is 10.0. The second-order valence-corrected chi connectivity index (χ2v) is 4.61. The van der Waals surface area contributed by atoms with E-state index in [4.69, 9.17) is 11.6 Å². The van der Waals surface area contributed by atoms with Gasteiger partial charge >= 0.3 is 0 Å². The van der Waals surface area contributed by atoms with E-state index in [1.807, 2.05) is 20.3 Å². The number of benzene rings is 1. The SMILES string of the molecule is CNC(Cc1cccc(Cl)c1F)c1cnn(C)c1. The molecule has 0 spiro atoms. The molecular weight excluding hydrogens is 253 g/mol. The fourth-order valence-electron chi connectivity index (χ4n) is 1.93. The molecule has 2 rings (SSSR count). The third kappa shape index (κ3) is 2.71. The van der Waals surface area contributed by atoms with E-state index in [1.165, 1.54) is 0 Å². The van der Waals surface area contributed by atoms with Crippen LogP contribution in [0.25, 0.3) is 0 Å². The number of nitrogens with zero attached hydrogens (tertiary/aromatic N) is 2. The van der Waals surface area contributed by atoms with E-state index in [2.05, 4.69) is 10.4 Å². The Hall–Kier alpha value is -1.39. The van der Waals surface area contributed by atoms with Gasteiger partial charge in [-0.3, -0.25) is 4.68 Å². The quantitative estimate of drug-likeness (QED) is 0.923. The summed E-state index contributed by atoms with van der Waals surface area (Å²) in [5.41, 5.74) is 1.63. The molecule has 5 heteroatoms. The molecule has 2 aromatic rings. The molecule has 0 saturated heterocycles. The average molecular weight is 268 g/mol. The summed E-state index contributed by atoms with van der Waals surface area (Å²) in [5.74, 6) is -0.344. The summed E-state index contributed by atoms with van der Waals surface area (Å²) in [6.07, 6.45) is 4.24. The first-order valence-electron chi connectivity index (χ1n) is 5.70. The Kier molecular flexibility index (Phi) is 3.99. The molecule has 3 nitrogen and oxygen atoms in total. The zero-order chi connectivity index (χ0) is 13.1. The van der Waals surface area contributed by atoms with Gasteiger partial charge in [-0.1, -0.05) is 23.7 Å². The molecule has 0 fully saturated rings. The second-order valence-electron chi connectivity index (χ2n) is 4.21. The first-order chi connectivity index (χ1) is 8.61. The molecule has 0 aliphatic heterocycles. The molecule has 1 unspecified atom stereocenters. The van der Waals surface area contributed by atoms with Crippen LogP contribution in [0.5, 0.6) is 0 Å². The molecule has 1 heterocycles. The van der Waals surface area contributed by atoms with Gasteiger partial charge in [-0.05, 0) is 25.1 Å². The van der Waals surface area contributed by atoms with Crippen LogP contribution in [0.15, 0.2) is 30.6 Å². The fourth-order valence-corrected chi connectivity index (χ4v) is 2.13. The number of likely N-dealkylation sites (N-methyl/N-ethyl adjacent to an activating group) is 1. The van der Waals surface area contributed by atoms with E-state index in [9.17, 15) is 4.39 Å². The number of aromatic nitrogens is 2. The predicted octanol–water partition coefficient (Wildman–Crippen LogP) is 2.72. The van der Waals surface area contributed by atoms with Crippen LogP contribution in [0.2, 0.25) is 5.02 Å². The van der Waals surface area contributed by atoms with Crippen LogP contribution in [-0.4, -0.2) is 16.8 Å². The molecule has 0 radical (unpaired) electrons. The summed E-state index contributed by atoms with van der Waals surface area (Å²) >= 11 is 5.78. The van der Waals surface area contributed by atoms with Crippen LogP contribution < -0.4 is 5.32 Å². The zero-order valence-corrected chi connectivity index (χ0v) is 11.1. The maximum atomic E-state index is 13.8. The van der Waals surface area contributed by atoms with Crippen molar-refractivity contribution in [3.05, 3.63) is 52.6 Å². The summed E-state index contributed by atoms with van der Waals surface area (Å²) in [6, 6.07) is 5.09. The Bertz CT molecular complexity index is 539. The molecule has 0 aliphatic rings. The summed E-state index contributed by atoms with van der Waals surface area (Å²) in [4.78, 5) is 0. The minimum absolute atomic E-state index is 0.0201. The highest BCUT2D eigenvalue weighted by Crippen LogP contribution is 2.23. The third-order valence-electron chi connectivity index (χ3n) is 2.93. The summed E-state index contributed by atoms with van der Waals surface area (Å²) in [6.45, 7) is 0. The van der Waals surface area contributed by atoms with Gasteiger partial charge in [0.05, 0.1) is 11.2 Å². The maximum absolute atomic E-state index is 13.8. The highest BCUT2D eigenvalue weighted by Gasteiger charge is 2.15. The van der Waals surface area contributed by atoms with Gasteiger partial charge in [-0.2, -0.15) is 5.10 Å². The van der Waals surface area contributed by atoms with Crippen molar-refractivity contribution in [3.8, 4) is 0 Å². The van der Waals surface area contributed by atoms with Crippen LogP contribution in [0, 0.1) is 5.82 Å². The van der Waals surface area contributed by atoms with E-state index < -0.39 is 0 Å². The van der Waals surface area contributed by atoms with Crippen molar-refractivity contribution in [1.29, 1.82) is 0 Å². The highest BCUT2D eigenvalue weighted by atomic mass is 35.5. The lowest BCUT2D eigenvalue weighted by molar-refractivity contribution is 0.554. The summed E-state index contributed by atoms with van der Waals surface area (Å²) in [5, 5.41) is 7.45. The number of hydrogen-bond donors (Lipinski definition) is 1. The fraction of sp³-hybridized carbons (Fsp3) is 0.308. The van der Waals surface area contributed by atoms with Gasteiger partial charge in [-0.15, -0.1) is 0 Å². The van der Waals surface area contributed by atoms with Gasteiger partial charge in [0.2, 0.25) is 0 Å². The average Bonchev–Trinajstić information content (AvgIpc) is 2.78. The molecule has 1 atom stereocenters. The molecule has 0 amide bonds. The van der Waals surface area contributed by atoms with Gasteiger partial charge in [0.15, 0.2) is 0 Å². The third-order valence-corrected chi connectivity index (χ3v) is 3.22. The monoisotopic (exact) mass is 267 g/mol. The van der Waals surface area contributed by atoms with Crippen molar-refractivity contribution in [2.24, 2.45) is 7.05 Å². The molecule has 0 aliphatic carbocycles. The number of hydrogen-bond acceptors (Lipinski definition) is 2. The predicted molar refractivity (Wildman–Crippen MR) is 70.1 cm³/mol. The second kappa shape index (κ2) is 5.50. The minimum Gasteiger partial charge on any atom is -0.313 e. The molecular formula is C13H15ClFN3. The van der Waals surface area contributed by atoms with E-state index in [-0.39, 0.29) is 16.9 Å². The van der Waals surface area contributed by atoms with Crippen LogP contribution in [0.3, 0.4) is 0 Å². The van der Waals surface area contributed by atoms with Gasteiger partial charge in [0.25, 0.3) is 0 Å². The Labute approximate surface area is 111 Å². The molecule has 96 valence electrons. The minimum atomic E-state index is -0.344. The normalized spacial score (nSPS) is 12.7. The Morgan fingerprint density at radius 1 is 1.50 bits per heavy atom. The Morgan fingerprint density at radius 3 is 2.89 bits per heavy atom. The van der Waals surface area contributed by atoms with Crippen LogP contribution in [0.1, 0.15) is 17.2 Å². The van der Waals surface area contributed by atoms with Crippen molar-refractivity contribution in [1.82, 2.24) is 15.1 Å². The topological polar surface area (TPSA) is 29.9 Å². The zero-order valence-electron chi connectivity index (χ0n) is 10.3. The van der Waals surface area contributed by atoms with Crippen molar-refractivity contribution in [2.75, 3.05) is 7.05 Å². The number of aryl methyl sites for hydroxylation is 1. The van der Waals surface area contributed by atoms with Crippen molar-refractivity contribution >= 4 is 11.6 Å². The first-order valence-corrected chi connectivity index (χ1v) is 6.08. The molecule has 0 saturated carbocycles. The molecule has 18 heavy (non-hydrogen) atoms. The van der Waals surface area contributed by atoms with E-state index in [0.29, 0.717) is 12.0 Å². The van der Waals surface area contributed by atoms with Gasteiger partial charge < -0.3 is 5.32 Å². The molecule has 1 aromatic carbocycles. The van der Waals surface area contributed by atoms with Crippen molar-refractivity contribution in [3.63, 3.8) is 0 Å².